The van der Waals surface area contributed by atoms with Gasteiger partial charge in [-0.3, -0.25) is 0 Å². The van der Waals surface area contributed by atoms with E-state index in [4.69, 9.17) is 0 Å². The summed E-state index contributed by atoms with van der Waals surface area (Å²) < 4.78 is 0. The summed E-state index contributed by atoms with van der Waals surface area (Å²) in [5.41, 5.74) is 0.373. The average molecular weight is 268 g/mol. The molecule has 0 saturated carbocycles. The zero-order valence-corrected chi connectivity index (χ0v) is 14.0. The second kappa shape index (κ2) is 8.26. The Hall–Kier alpha value is -0.0800. The van der Waals surface area contributed by atoms with Crippen molar-refractivity contribution in [1.82, 2.24) is 10.2 Å². The third kappa shape index (κ3) is 6.27. The third-order valence-electron chi connectivity index (χ3n) is 4.49. The molecule has 1 N–H and O–H groups in total. The van der Waals surface area contributed by atoms with Gasteiger partial charge in [0, 0.05) is 12.6 Å². The van der Waals surface area contributed by atoms with Crippen molar-refractivity contribution >= 4 is 0 Å². The maximum absolute atomic E-state index is 3.74. The lowest BCUT2D eigenvalue weighted by atomic mass is 9.84. The molecule has 2 unspecified atom stereocenters. The Labute approximate surface area is 121 Å². The van der Waals surface area contributed by atoms with Gasteiger partial charge < -0.3 is 10.2 Å². The van der Waals surface area contributed by atoms with E-state index in [1.165, 1.54) is 51.7 Å². The van der Waals surface area contributed by atoms with Crippen molar-refractivity contribution in [3.05, 3.63) is 0 Å². The van der Waals surface area contributed by atoms with Crippen LogP contribution >= 0.6 is 0 Å². The maximum atomic E-state index is 3.74. The van der Waals surface area contributed by atoms with Gasteiger partial charge in [-0.25, -0.2) is 0 Å². The fourth-order valence-electron chi connectivity index (χ4n) is 3.23. The molecule has 0 aromatic carbocycles. The van der Waals surface area contributed by atoms with Gasteiger partial charge in [-0.05, 0) is 56.7 Å². The number of likely N-dealkylation sites (tertiary alicyclic amines) is 1. The van der Waals surface area contributed by atoms with Crippen LogP contribution in [0.25, 0.3) is 0 Å². The van der Waals surface area contributed by atoms with Crippen LogP contribution in [0.2, 0.25) is 0 Å². The summed E-state index contributed by atoms with van der Waals surface area (Å²) in [6.45, 7) is 16.8. The summed E-state index contributed by atoms with van der Waals surface area (Å²) >= 11 is 0. The molecule has 0 bridgehead atoms. The fourth-order valence-corrected chi connectivity index (χ4v) is 3.23. The van der Waals surface area contributed by atoms with E-state index in [1.807, 2.05) is 0 Å². The minimum atomic E-state index is 0.373. The number of hydrogen-bond donors (Lipinski definition) is 1. The molecule has 1 heterocycles. The Balaban J connectivity index is 2.32. The Morgan fingerprint density at radius 3 is 2.53 bits per heavy atom. The first-order valence-corrected chi connectivity index (χ1v) is 8.43. The standard InChI is InChI=1S/C17H36N2/c1-6-8-15-9-12-19(14-15)13-10-16(17(3,4)5)18-11-7-2/h15-16,18H,6-14H2,1-5H3. The van der Waals surface area contributed by atoms with Crippen LogP contribution in [0.15, 0.2) is 0 Å². The van der Waals surface area contributed by atoms with Gasteiger partial charge in [-0.2, -0.15) is 0 Å². The monoisotopic (exact) mass is 268 g/mol. The summed E-state index contributed by atoms with van der Waals surface area (Å²) in [6, 6.07) is 0.651. The highest BCUT2D eigenvalue weighted by Gasteiger charge is 2.26. The molecule has 0 aliphatic carbocycles. The van der Waals surface area contributed by atoms with E-state index < -0.39 is 0 Å². The Morgan fingerprint density at radius 2 is 1.95 bits per heavy atom. The molecule has 0 amide bonds. The van der Waals surface area contributed by atoms with Crippen LogP contribution < -0.4 is 5.32 Å². The van der Waals surface area contributed by atoms with Gasteiger partial charge in [-0.1, -0.05) is 41.0 Å². The highest BCUT2D eigenvalue weighted by molar-refractivity contribution is 4.83. The molecule has 19 heavy (non-hydrogen) atoms. The second-order valence-corrected chi connectivity index (χ2v) is 7.41. The largest absolute Gasteiger partial charge is 0.313 e. The average Bonchev–Trinajstić information content (AvgIpc) is 2.76. The predicted molar refractivity (Wildman–Crippen MR) is 85.6 cm³/mol. The number of nitrogens with zero attached hydrogens (tertiary/aromatic N) is 1. The second-order valence-electron chi connectivity index (χ2n) is 7.41. The van der Waals surface area contributed by atoms with Gasteiger partial charge in [0.2, 0.25) is 0 Å². The lowest BCUT2D eigenvalue weighted by Crippen LogP contribution is -2.43. The molecule has 2 heteroatoms. The molecule has 1 saturated heterocycles. The number of hydrogen-bond acceptors (Lipinski definition) is 2. The van der Waals surface area contributed by atoms with E-state index in [0.717, 1.165) is 12.5 Å². The van der Waals surface area contributed by atoms with Crippen LogP contribution in [0.4, 0.5) is 0 Å². The van der Waals surface area contributed by atoms with E-state index in [0.29, 0.717) is 11.5 Å². The Kier molecular flexibility index (Phi) is 7.38. The molecule has 1 aliphatic rings. The first-order chi connectivity index (χ1) is 8.97. The first kappa shape index (κ1) is 17.0. The van der Waals surface area contributed by atoms with Gasteiger partial charge in [0.05, 0.1) is 0 Å². The van der Waals surface area contributed by atoms with Gasteiger partial charge in [0.25, 0.3) is 0 Å². The summed E-state index contributed by atoms with van der Waals surface area (Å²) in [7, 11) is 0. The normalized spacial score (nSPS) is 22.9. The lowest BCUT2D eigenvalue weighted by molar-refractivity contribution is 0.218. The van der Waals surface area contributed by atoms with Crippen LogP contribution in [-0.4, -0.2) is 37.1 Å². The van der Waals surface area contributed by atoms with Crippen molar-refractivity contribution in [3.63, 3.8) is 0 Å². The molecule has 0 radical (unpaired) electrons. The van der Waals surface area contributed by atoms with Crippen molar-refractivity contribution in [1.29, 1.82) is 0 Å². The molecule has 0 aromatic rings. The Bertz CT molecular complexity index is 232. The lowest BCUT2D eigenvalue weighted by Gasteiger charge is -2.33. The van der Waals surface area contributed by atoms with Crippen LogP contribution in [0, 0.1) is 11.3 Å². The first-order valence-electron chi connectivity index (χ1n) is 8.43. The summed E-state index contributed by atoms with van der Waals surface area (Å²) in [5, 5.41) is 3.74. The Morgan fingerprint density at radius 1 is 1.21 bits per heavy atom. The quantitative estimate of drug-likeness (QED) is 0.718. The van der Waals surface area contributed by atoms with E-state index >= 15 is 0 Å². The van der Waals surface area contributed by atoms with Gasteiger partial charge in [0.15, 0.2) is 0 Å². The van der Waals surface area contributed by atoms with Crippen LogP contribution in [-0.2, 0) is 0 Å². The minimum absolute atomic E-state index is 0.373. The third-order valence-corrected chi connectivity index (χ3v) is 4.49. The molecular weight excluding hydrogens is 232 g/mol. The minimum Gasteiger partial charge on any atom is -0.313 e. The maximum Gasteiger partial charge on any atom is 0.0128 e. The van der Waals surface area contributed by atoms with Crippen molar-refractivity contribution in [2.45, 2.75) is 72.8 Å². The predicted octanol–water partition coefficient (Wildman–Crippen LogP) is 3.91. The van der Waals surface area contributed by atoms with Crippen LogP contribution in [0.3, 0.4) is 0 Å². The van der Waals surface area contributed by atoms with Gasteiger partial charge in [-0.15, -0.1) is 0 Å². The van der Waals surface area contributed by atoms with Crippen LogP contribution in [0.5, 0.6) is 0 Å². The highest BCUT2D eigenvalue weighted by Crippen LogP contribution is 2.25. The van der Waals surface area contributed by atoms with Crippen molar-refractivity contribution < 1.29 is 0 Å². The molecule has 1 fully saturated rings. The molecule has 2 nitrogen and oxygen atoms in total. The SMILES string of the molecule is CCCNC(CCN1CCC(CCC)C1)C(C)(C)C. The molecule has 0 aromatic heterocycles. The smallest absolute Gasteiger partial charge is 0.0128 e. The van der Waals surface area contributed by atoms with E-state index in [-0.39, 0.29) is 0 Å². The molecule has 114 valence electrons. The molecule has 1 rings (SSSR count). The van der Waals surface area contributed by atoms with Gasteiger partial charge in [0.1, 0.15) is 0 Å². The summed E-state index contributed by atoms with van der Waals surface area (Å²) in [4.78, 5) is 2.69. The van der Waals surface area contributed by atoms with Gasteiger partial charge >= 0.3 is 0 Å². The van der Waals surface area contributed by atoms with E-state index in [2.05, 4.69) is 44.8 Å². The highest BCUT2D eigenvalue weighted by atomic mass is 15.1. The van der Waals surface area contributed by atoms with Crippen LogP contribution in [0.1, 0.15) is 66.7 Å². The topological polar surface area (TPSA) is 15.3 Å². The number of nitrogens with one attached hydrogen (secondary N) is 1. The van der Waals surface area contributed by atoms with Crippen molar-refractivity contribution in [2.24, 2.45) is 11.3 Å². The molecule has 1 aliphatic heterocycles. The van der Waals surface area contributed by atoms with Crippen molar-refractivity contribution in [3.8, 4) is 0 Å². The summed E-state index contributed by atoms with van der Waals surface area (Å²) in [5.74, 6) is 0.974. The number of rotatable bonds is 8. The molecular formula is C17H36N2. The van der Waals surface area contributed by atoms with E-state index in [1.54, 1.807) is 0 Å². The fraction of sp³-hybridized carbons (Fsp3) is 1.00. The zero-order chi connectivity index (χ0) is 14.3. The van der Waals surface area contributed by atoms with Crippen molar-refractivity contribution in [2.75, 3.05) is 26.2 Å². The summed E-state index contributed by atoms with van der Waals surface area (Å²) in [6.07, 6.45) is 6.72. The molecule has 0 spiro atoms. The molecule has 2 atom stereocenters. The zero-order valence-electron chi connectivity index (χ0n) is 14.0. The van der Waals surface area contributed by atoms with E-state index in [9.17, 15) is 0 Å².